The Morgan fingerprint density at radius 2 is 2.00 bits per heavy atom. The van der Waals surface area contributed by atoms with Crippen LogP contribution >= 0.6 is 0 Å². The maximum absolute atomic E-state index is 11.7. The van der Waals surface area contributed by atoms with Crippen LogP contribution in [0.3, 0.4) is 0 Å². The van der Waals surface area contributed by atoms with Gasteiger partial charge in [-0.3, -0.25) is 4.79 Å². The average Bonchev–Trinajstić information content (AvgIpc) is 2.35. The summed E-state index contributed by atoms with van der Waals surface area (Å²) in [5.74, 6) is 0.0412. The highest BCUT2D eigenvalue weighted by Gasteiger charge is 2.24. The van der Waals surface area contributed by atoms with E-state index in [2.05, 4.69) is 11.4 Å². The summed E-state index contributed by atoms with van der Waals surface area (Å²) < 4.78 is 21.9. The van der Waals surface area contributed by atoms with Gasteiger partial charge in [-0.15, -0.1) is 0 Å². The lowest BCUT2D eigenvalue weighted by atomic mass is 9.84. The van der Waals surface area contributed by atoms with Crippen molar-refractivity contribution >= 4 is 15.7 Å². The molecule has 1 aliphatic carbocycles. The molecule has 0 spiro atoms. The normalized spacial score (nSPS) is 18.5. The van der Waals surface area contributed by atoms with Crippen molar-refractivity contribution in [1.29, 1.82) is 5.26 Å². The Morgan fingerprint density at radius 3 is 2.53 bits per heavy atom. The van der Waals surface area contributed by atoms with Crippen molar-refractivity contribution in [2.75, 3.05) is 12.0 Å². The van der Waals surface area contributed by atoms with E-state index >= 15 is 0 Å². The number of carbonyl (C=O) groups is 1. The zero-order valence-corrected chi connectivity index (χ0v) is 12.2. The molecule has 1 N–H and O–H groups in total. The van der Waals surface area contributed by atoms with E-state index in [1.54, 1.807) is 0 Å². The van der Waals surface area contributed by atoms with Gasteiger partial charge in [-0.25, -0.2) is 8.42 Å². The fourth-order valence-electron chi connectivity index (χ4n) is 2.46. The second-order valence-corrected chi connectivity index (χ2v) is 7.57. The van der Waals surface area contributed by atoms with Gasteiger partial charge in [0.25, 0.3) is 0 Å². The first kappa shape index (κ1) is 16.0. The van der Waals surface area contributed by atoms with Crippen molar-refractivity contribution in [3.05, 3.63) is 0 Å². The molecule has 0 aromatic heterocycles. The summed E-state index contributed by atoms with van der Waals surface area (Å²) in [6, 6.07) is 1.73. The highest BCUT2D eigenvalue weighted by molar-refractivity contribution is 7.90. The smallest absolute Gasteiger partial charge is 0.221 e. The SMILES string of the molecule is CS(=O)(=O)CCCC(=O)N[C@H](C#N)C1CCCCC1. The lowest BCUT2D eigenvalue weighted by Gasteiger charge is -2.26. The summed E-state index contributed by atoms with van der Waals surface area (Å²) in [6.07, 6.45) is 7.05. The molecule has 1 amide bonds. The monoisotopic (exact) mass is 286 g/mol. The van der Waals surface area contributed by atoms with Crippen molar-refractivity contribution in [1.82, 2.24) is 5.32 Å². The molecular weight excluding hydrogens is 264 g/mol. The molecule has 0 radical (unpaired) electrons. The van der Waals surface area contributed by atoms with Gasteiger partial charge < -0.3 is 5.32 Å². The fraction of sp³-hybridized carbons (Fsp3) is 0.846. The highest BCUT2D eigenvalue weighted by atomic mass is 32.2. The summed E-state index contributed by atoms with van der Waals surface area (Å²) in [7, 11) is -3.02. The number of nitriles is 1. The van der Waals surface area contributed by atoms with E-state index in [0.717, 1.165) is 31.9 Å². The Labute approximate surface area is 115 Å². The molecule has 0 aromatic carbocycles. The number of amides is 1. The van der Waals surface area contributed by atoms with Gasteiger partial charge in [0.15, 0.2) is 0 Å². The van der Waals surface area contributed by atoms with E-state index in [-0.39, 0.29) is 24.0 Å². The lowest BCUT2D eigenvalue weighted by molar-refractivity contribution is -0.121. The molecule has 1 saturated carbocycles. The third kappa shape index (κ3) is 6.58. The van der Waals surface area contributed by atoms with Crippen LogP contribution in [-0.2, 0) is 14.6 Å². The van der Waals surface area contributed by atoms with E-state index in [0.29, 0.717) is 6.42 Å². The number of nitrogens with zero attached hydrogens (tertiary/aromatic N) is 1. The first-order valence-corrected chi connectivity index (χ1v) is 8.85. The second kappa shape index (κ2) is 7.49. The zero-order chi connectivity index (χ0) is 14.3. The maximum Gasteiger partial charge on any atom is 0.221 e. The molecule has 0 aliphatic heterocycles. The third-order valence-electron chi connectivity index (χ3n) is 3.50. The molecule has 1 fully saturated rings. The fourth-order valence-corrected chi connectivity index (χ4v) is 3.13. The quantitative estimate of drug-likeness (QED) is 0.799. The number of hydrogen-bond acceptors (Lipinski definition) is 4. The molecule has 1 aliphatic rings. The van der Waals surface area contributed by atoms with E-state index in [9.17, 15) is 13.2 Å². The summed E-state index contributed by atoms with van der Waals surface area (Å²) >= 11 is 0. The van der Waals surface area contributed by atoms with Crippen LogP contribution in [0.1, 0.15) is 44.9 Å². The Hall–Kier alpha value is -1.09. The molecule has 108 valence electrons. The summed E-state index contributed by atoms with van der Waals surface area (Å²) in [6.45, 7) is 0. The highest BCUT2D eigenvalue weighted by Crippen LogP contribution is 2.26. The van der Waals surface area contributed by atoms with Crippen LogP contribution < -0.4 is 5.32 Å². The lowest BCUT2D eigenvalue weighted by Crippen LogP contribution is -2.40. The Balaban J connectivity index is 2.34. The van der Waals surface area contributed by atoms with Crippen LogP contribution in [0.2, 0.25) is 0 Å². The summed E-state index contributed by atoms with van der Waals surface area (Å²) in [5.41, 5.74) is 0. The number of carbonyl (C=O) groups excluding carboxylic acids is 1. The number of nitrogens with one attached hydrogen (secondary N) is 1. The minimum absolute atomic E-state index is 0.0149. The molecular formula is C13H22N2O3S. The molecule has 1 rings (SSSR count). The van der Waals surface area contributed by atoms with Gasteiger partial charge in [0.1, 0.15) is 15.9 Å². The Morgan fingerprint density at radius 1 is 1.37 bits per heavy atom. The van der Waals surface area contributed by atoms with Gasteiger partial charge in [0.05, 0.1) is 11.8 Å². The van der Waals surface area contributed by atoms with Gasteiger partial charge in [-0.1, -0.05) is 19.3 Å². The van der Waals surface area contributed by atoms with Gasteiger partial charge in [0.2, 0.25) is 5.91 Å². The first-order valence-electron chi connectivity index (χ1n) is 6.79. The number of rotatable bonds is 6. The predicted octanol–water partition coefficient (Wildman–Crippen LogP) is 1.40. The molecule has 0 bridgehead atoms. The van der Waals surface area contributed by atoms with Gasteiger partial charge >= 0.3 is 0 Å². The molecule has 0 heterocycles. The Kier molecular flexibility index (Phi) is 6.29. The average molecular weight is 286 g/mol. The van der Waals surface area contributed by atoms with Crippen LogP contribution in [0.15, 0.2) is 0 Å². The van der Waals surface area contributed by atoms with Crippen molar-refractivity contribution in [2.45, 2.75) is 51.0 Å². The first-order chi connectivity index (χ1) is 8.92. The molecule has 19 heavy (non-hydrogen) atoms. The van der Waals surface area contributed by atoms with E-state index in [1.807, 2.05) is 0 Å². The molecule has 5 nitrogen and oxygen atoms in total. The topological polar surface area (TPSA) is 87.0 Å². The van der Waals surface area contributed by atoms with Crippen LogP contribution in [0, 0.1) is 17.2 Å². The molecule has 0 saturated heterocycles. The zero-order valence-electron chi connectivity index (χ0n) is 11.4. The number of sulfone groups is 1. The standard InChI is InChI=1S/C13H22N2O3S/c1-19(17,18)9-5-8-13(16)15-12(10-14)11-6-3-2-4-7-11/h11-12H,2-9H2,1H3,(H,15,16)/t12-/m1/s1. The predicted molar refractivity (Wildman–Crippen MR) is 73.1 cm³/mol. The summed E-state index contributed by atoms with van der Waals surface area (Å²) in [4.78, 5) is 11.7. The largest absolute Gasteiger partial charge is 0.340 e. The minimum Gasteiger partial charge on any atom is -0.340 e. The van der Waals surface area contributed by atoms with Crippen LogP contribution in [0.25, 0.3) is 0 Å². The maximum atomic E-state index is 11.7. The second-order valence-electron chi connectivity index (χ2n) is 5.31. The van der Waals surface area contributed by atoms with Crippen molar-refractivity contribution in [3.63, 3.8) is 0 Å². The van der Waals surface area contributed by atoms with E-state index in [4.69, 9.17) is 5.26 Å². The Bertz CT molecular complexity index is 433. The van der Waals surface area contributed by atoms with Gasteiger partial charge in [0, 0.05) is 12.7 Å². The van der Waals surface area contributed by atoms with E-state index in [1.165, 1.54) is 6.42 Å². The van der Waals surface area contributed by atoms with Crippen molar-refractivity contribution < 1.29 is 13.2 Å². The van der Waals surface area contributed by atoms with Gasteiger partial charge in [-0.05, 0) is 25.2 Å². The van der Waals surface area contributed by atoms with Gasteiger partial charge in [-0.2, -0.15) is 5.26 Å². The van der Waals surface area contributed by atoms with Crippen molar-refractivity contribution in [3.8, 4) is 6.07 Å². The third-order valence-corrected chi connectivity index (χ3v) is 4.53. The number of hydrogen-bond donors (Lipinski definition) is 1. The van der Waals surface area contributed by atoms with Crippen LogP contribution in [0.4, 0.5) is 0 Å². The van der Waals surface area contributed by atoms with E-state index < -0.39 is 15.9 Å². The molecule has 0 aromatic rings. The molecule has 6 heteroatoms. The van der Waals surface area contributed by atoms with Crippen molar-refractivity contribution in [2.24, 2.45) is 5.92 Å². The van der Waals surface area contributed by atoms with Crippen LogP contribution in [0.5, 0.6) is 0 Å². The molecule has 1 atom stereocenters. The van der Waals surface area contributed by atoms with Crippen LogP contribution in [-0.4, -0.2) is 32.4 Å². The molecule has 0 unspecified atom stereocenters. The minimum atomic E-state index is -3.02. The summed E-state index contributed by atoms with van der Waals surface area (Å²) in [5, 5.41) is 11.8.